The number of aryl methyl sites for hydroxylation is 2. The van der Waals surface area contributed by atoms with Crippen molar-refractivity contribution in [1.82, 2.24) is 9.80 Å². The molecule has 1 unspecified atom stereocenters. The minimum atomic E-state index is -0.981. The molecule has 1 atom stereocenters. The fourth-order valence-electron chi connectivity index (χ4n) is 4.70. The van der Waals surface area contributed by atoms with Crippen molar-refractivity contribution < 1.29 is 19.5 Å². The Morgan fingerprint density at radius 1 is 0.906 bits per heavy atom. The minimum absolute atomic E-state index is 0.0332. The van der Waals surface area contributed by atoms with Crippen LogP contribution in [0.3, 0.4) is 0 Å². The van der Waals surface area contributed by atoms with Crippen molar-refractivity contribution in [2.24, 2.45) is 0 Å². The predicted octanol–water partition coefficient (Wildman–Crippen LogP) is 3.31. The number of ketones is 2. The van der Waals surface area contributed by atoms with Crippen molar-refractivity contribution in [1.29, 1.82) is 0 Å². The summed E-state index contributed by atoms with van der Waals surface area (Å²) in [5.41, 5.74) is 4.23. The smallest absolute Gasteiger partial charge is 0.321 e. The van der Waals surface area contributed by atoms with Crippen LogP contribution in [0.1, 0.15) is 49.4 Å². The number of nitrogens with zero attached hydrogens (tertiary/aromatic N) is 2. The quantitative estimate of drug-likeness (QED) is 0.640. The molecule has 1 aliphatic heterocycles. The van der Waals surface area contributed by atoms with E-state index in [0.717, 1.165) is 29.8 Å². The highest BCUT2D eigenvalue weighted by Crippen LogP contribution is 2.26. The lowest BCUT2D eigenvalue weighted by Crippen LogP contribution is -2.52. The number of likely N-dealkylation sites (N-methyl/N-ethyl adjacent to an activating group) is 1. The Balaban J connectivity index is 1.88. The number of aliphatic carboxylic acids is 1. The van der Waals surface area contributed by atoms with E-state index >= 15 is 0 Å². The molecule has 0 aromatic heterocycles. The summed E-state index contributed by atoms with van der Waals surface area (Å²) >= 11 is 0. The molecule has 0 spiro atoms. The van der Waals surface area contributed by atoms with Crippen molar-refractivity contribution >= 4 is 17.5 Å². The summed E-state index contributed by atoms with van der Waals surface area (Å²) in [6.45, 7) is 8.33. The van der Waals surface area contributed by atoms with Gasteiger partial charge < -0.3 is 10.0 Å². The zero-order valence-electron chi connectivity index (χ0n) is 19.4. The molecule has 1 fully saturated rings. The molecule has 3 rings (SSSR count). The van der Waals surface area contributed by atoms with Gasteiger partial charge in [0.15, 0.2) is 11.6 Å². The normalized spacial score (nSPS) is 16.0. The number of carboxylic acid groups (broad SMARTS) is 1. The van der Waals surface area contributed by atoms with Crippen molar-refractivity contribution in [3.05, 3.63) is 69.8 Å². The zero-order valence-corrected chi connectivity index (χ0v) is 19.4. The molecule has 32 heavy (non-hydrogen) atoms. The number of carbonyl (C=O) groups excluding carboxylic acids is 2. The summed E-state index contributed by atoms with van der Waals surface area (Å²) in [5, 5.41) is 9.82. The first-order valence-corrected chi connectivity index (χ1v) is 11.1. The van der Waals surface area contributed by atoms with Crippen LogP contribution in [0.15, 0.2) is 36.4 Å². The zero-order chi connectivity index (χ0) is 23.4. The van der Waals surface area contributed by atoms with Gasteiger partial charge in [0.1, 0.15) is 6.04 Å². The van der Waals surface area contributed by atoms with Gasteiger partial charge in [-0.2, -0.15) is 0 Å². The Labute approximate surface area is 189 Å². The van der Waals surface area contributed by atoms with Crippen LogP contribution in [0.4, 0.5) is 0 Å². The van der Waals surface area contributed by atoms with Gasteiger partial charge in [0.05, 0.1) is 0 Å². The molecule has 170 valence electrons. The Morgan fingerprint density at radius 2 is 1.47 bits per heavy atom. The predicted molar refractivity (Wildman–Crippen MR) is 125 cm³/mol. The monoisotopic (exact) mass is 436 g/mol. The van der Waals surface area contributed by atoms with Gasteiger partial charge in [-0.3, -0.25) is 19.3 Å². The maximum Gasteiger partial charge on any atom is 0.321 e. The first-order valence-electron chi connectivity index (χ1n) is 11.1. The molecule has 0 saturated carbocycles. The molecular weight excluding hydrogens is 404 g/mol. The molecule has 0 amide bonds. The molecule has 2 aromatic rings. The minimum Gasteiger partial charge on any atom is -0.480 e. The second-order valence-corrected chi connectivity index (χ2v) is 8.79. The lowest BCUT2D eigenvalue weighted by molar-refractivity contribution is -0.143. The van der Waals surface area contributed by atoms with Gasteiger partial charge in [-0.05, 0) is 50.1 Å². The highest BCUT2D eigenvalue weighted by Gasteiger charge is 2.32. The van der Waals surface area contributed by atoms with E-state index in [1.54, 1.807) is 6.92 Å². The van der Waals surface area contributed by atoms with E-state index in [1.807, 2.05) is 62.2 Å². The van der Waals surface area contributed by atoms with Crippen LogP contribution in [0.5, 0.6) is 0 Å². The van der Waals surface area contributed by atoms with E-state index < -0.39 is 12.0 Å². The number of carbonyl (C=O) groups is 3. The first-order chi connectivity index (χ1) is 15.2. The van der Waals surface area contributed by atoms with E-state index in [0.29, 0.717) is 29.8 Å². The summed E-state index contributed by atoms with van der Waals surface area (Å²) in [5.74, 6) is -1.24. The van der Waals surface area contributed by atoms with Crippen LogP contribution >= 0.6 is 0 Å². The van der Waals surface area contributed by atoms with Crippen molar-refractivity contribution in [3.63, 3.8) is 0 Å². The molecule has 1 saturated heterocycles. The third kappa shape index (κ3) is 5.31. The number of benzene rings is 2. The van der Waals surface area contributed by atoms with Crippen molar-refractivity contribution in [2.75, 3.05) is 33.2 Å². The van der Waals surface area contributed by atoms with Gasteiger partial charge in [-0.25, -0.2) is 0 Å². The number of rotatable bonds is 8. The summed E-state index contributed by atoms with van der Waals surface area (Å²) in [4.78, 5) is 42.5. The Kier molecular flexibility index (Phi) is 7.59. The van der Waals surface area contributed by atoms with Gasteiger partial charge in [-0.1, -0.05) is 36.4 Å². The number of hydrogen-bond donors (Lipinski definition) is 1. The SMILES string of the molecule is Cc1cc(C)c(C(=O)CC(C(=O)O)N2CCN(C)CC2)c(C)c1C(=O)Cc1ccccc1. The van der Waals surface area contributed by atoms with Crippen LogP contribution in [0, 0.1) is 20.8 Å². The highest BCUT2D eigenvalue weighted by molar-refractivity contribution is 6.06. The van der Waals surface area contributed by atoms with Gasteiger partial charge in [0.2, 0.25) is 0 Å². The molecule has 0 radical (unpaired) electrons. The molecule has 6 nitrogen and oxygen atoms in total. The van der Waals surface area contributed by atoms with E-state index in [-0.39, 0.29) is 24.4 Å². The van der Waals surface area contributed by atoms with Crippen LogP contribution in [0.2, 0.25) is 0 Å². The molecule has 1 heterocycles. The summed E-state index contributed by atoms with van der Waals surface area (Å²) < 4.78 is 0. The highest BCUT2D eigenvalue weighted by atomic mass is 16.4. The van der Waals surface area contributed by atoms with Crippen LogP contribution < -0.4 is 0 Å². The third-order valence-corrected chi connectivity index (χ3v) is 6.38. The number of carboxylic acids is 1. The van der Waals surface area contributed by atoms with E-state index in [4.69, 9.17) is 0 Å². The van der Waals surface area contributed by atoms with Gasteiger partial charge in [-0.15, -0.1) is 0 Å². The Hall–Kier alpha value is -2.83. The molecule has 0 bridgehead atoms. The Morgan fingerprint density at radius 3 is 2.03 bits per heavy atom. The van der Waals surface area contributed by atoms with Crippen LogP contribution in [0.25, 0.3) is 0 Å². The largest absolute Gasteiger partial charge is 0.480 e. The lowest BCUT2D eigenvalue weighted by atomic mass is 9.86. The maximum absolute atomic E-state index is 13.3. The maximum atomic E-state index is 13.3. The number of Topliss-reactive ketones (excluding diaryl/α,β-unsaturated/α-hetero) is 2. The fraction of sp³-hybridized carbons (Fsp3) is 0.423. The Bertz CT molecular complexity index is 1010. The molecule has 0 aliphatic carbocycles. The second-order valence-electron chi connectivity index (χ2n) is 8.79. The standard InChI is InChI=1S/C26H32N2O4/c1-17-14-18(2)25(19(3)24(17)22(29)15-20-8-6-5-7-9-20)23(30)16-21(26(31)32)28-12-10-27(4)11-13-28/h5-9,14,21H,10-13,15-16H2,1-4H3,(H,31,32). The average Bonchev–Trinajstić information content (AvgIpc) is 2.73. The summed E-state index contributed by atoms with van der Waals surface area (Å²) in [7, 11) is 2.01. The topological polar surface area (TPSA) is 77.9 Å². The van der Waals surface area contributed by atoms with Crippen LogP contribution in [-0.2, 0) is 11.2 Å². The summed E-state index contributed by atoms with van der Waals surface area (Å²) in [6.07, 6.45) is 0.161. The third-order valence-electron chi connectivity index (χ3n) is 6.38. The van der Waals surface area contributed by atoms with Crippen molar-refractivity contribution in [3.8, 4) is 0 Å². The lowest BCUT2D eigenvalue weighted by Gasteiger charge is -2.36. The molecule has 1 aliphatic rings. The fourth-order valence-corrected chi connectivity index (χ4v) is 4.70. The number of hydrogen-bond acceptors (Lipinski definition) is 5. The van der Waals surface area contributed by atoms with E-state index in [1.165, 1.54) is 0 Å². The molecular formula is C26H32N2O4. The van der Waals surface area contributed by atoms with Gasteiger partial charge >= 0.3 is 5.97 Å². The molecule has 1 N–H and O–H groups in total. The molecule has 6 heteroatoms. The molecule has 2 aromatic carbocycles. The summed E-state index contributed by atoms with van der Waals surface area (Å²) in [6, 6.07) is 10.5. The second kappa shape index (κ2) is 10.2. The van der Waals surface area contributed by atoms with Crippen molar-refractivity contribution in [2.45, 2.75) is 39.7 Å². The van der Waals surface area contributed by atoms with Gasteiger partial charge in [0, 0.05) is 50.1 Å². The van der Waals surface area contributed by atoms with E-state index in [2.05, 4.69) is 4.90 Å². The van der Waals surface area contributed by atoms with Crippen LogP contribution in [-0.4, -0.2) is 71.7 Å². The number of piperazine rings is 1. The first kappa shape index (κ1) is 23.8. The van der Waals surface area contributed by atoms with E-state index in [9.17, 15) is 19.5 Å². The van der Waals surface area contributed by atoms with Gasteiger partial charge in [0.25, 0.3) is 0 Å². The average molecular weight is 437 g/mol.